The van der Waals surface area contributed by atoms with Gasteiger partial charge in [-0.3, -0.25) is 9.79 Å². The van der Waals surface area contributed by atoms with E-state index in [1.807, 2.05) is 37.3 Å². The van der Waals surface area contributed by atoms with Crippen molar-refractivity contribution in [3.05, 3.63) is 94.5 Å². The number of carbonyl (C=O) groups is 1. The van der Waals surface area contributed by atoms with Crippen LogP contribution in [0.25, 0.3) is 0 Å². The smallest absolute Gasteiger partial charge is 0.266 e. The summed E-state index contributed by atoms with van der Waals surface area (Å²) in [4.78, 5) is 17.3. The lowest BCUT2D eigenvalue weighted by Gasteiger charge is -2.18. The Balaban J connectivity index is 1.84. The highest BCUT2D eigenvalue weighted by molar-refractivity contribution is 7.89. The van der Waals surface area contributed by atoms with Crippen molar-refractivity contribution in [1.82, 2.24) is 4.31 Å². The van der Waals surface area contributed by atoms with Crippen LogP contribution in [0.5, 0.6) is 0 Å². The maximum atomic E-state index is 12.8. The van der Waals surface area contributed by atoms with Gasteiger partial charge in [-0.05, 0) is 48.4 Å². The monoisotopic (exact) mass is 440 g/mol. The standard InChI is InChI=1S/C23H21ClN2O3S/c1-17-8-11-21(12-9-17)30(28,29)26(2)23(27)15-19-14-20(24)10-13-22(19)25-16-18-6-4-3-5-7-18/h3-14,16H,15H2,1-2H3. The van der Waals surface area contributed by atoms with E-state index >= 15 is 0 Å². The van der Waals surface area contributed by atoms with Crippen LogP contribution in [-0.4, -0.2) is 31.9 Å². The molecule has 0 aromatic heterocycles. The average molecular weight is 441 g/mol. The fourth-order valence-electron chi connectivity index (χ4n) is 2.78. The summed E-state index contributed by atoms with van der Waals surface area (Å²) in [5.41, 5.74) is 2.94. The number of aliphatic imine (C=N–C) groups is 1. The first kappa shape index (κ1) is 21.7. The molecule has 3 rings (SSSR count). The average Bonchev–Trinajstić information content (AvgIpc) is 2.73. The first-order valence-electron chi connectivity index (χ1n) is 9.23. The topological polar surface area (TPSA) is 66.8 Å². The summed E-state index contributed by atoms with van der Waals surface area (Å²) in [5.74, 6) is -0.575. The second-order valence-corrected chi connectivity index (χ2v) is 9.20. The first-order chi connectivity index (χ1) is 14.3. The SMILES string of the molecule is Cc1ccc(S(=O)(=O)N(C)C(=O)Cc2cc(Cl)ccc2N=Cc2ccccc2)cc1. The van der Waals surface area contributed by atoms with Crippen molar-refractivity contribution in [3.63, 3.8) is 0 Å². The molecule has 0 unspecified atom stereocenters. The summed E-state index contributed by atoms with van der Waals surface area (Å²) in [6.07, 6.45) is 1.54. The number of rotatable bonds is 6. The highest BCUT2D eigenvalue weighted by atomic mass is 35.5. The van der Waals surface area contributed by atoms with Crippen LogP contribution >= 0.6 is 11.6 Å². The minimum absolute atomic E-state index is 0.0670. The quantitative estimate of drug-likeness (QED) is 0.517. The van der Waals surface area contributed by atoms with Gasteiger partial charge in [-0.15, -0.1) is 0 Å². The second kappa shape index (κ2) is 9.24. The van der Waals surface area contributed by atoms with E-state index in [1.54, 1.807) is 36.5 Å². The molecule has 0 radical (unpaired) electrons. The van der Waals surface area contributed by atoms with Gasteiger partial charge in [0.15, 0.2) is 0 Å². The molecule has 0 atom stereocenters. The van der Waals surface area contributed by atoms with Crippen LogP contribution in [0.3, 0.4) is 0 Å². The third kappa shape index (κ3) is 5.14. The van der Waals surface area contributed by atoms with Crippen molar-refractivity contribution < 1.29 is 13.2 Å². The Morgan fingerprint density at radius 3 is 2.37 bits per heavy atom. The minimum atomic E-state index is -3.94. The van der Waals surface area contributed by atoms with Crippen molar-refractivity contribution in [1.29, 1.82) is 0 Å². The molecule has 0 bridgehead atoms. The van der Waals surface area contributed by atoms with E-state index in [1.165, 1.54) is 19.2 Å². The number of halogens is 1. The van der Waals surface area contributed by atoms with Crippen molar-refractivity contribution >= 4 is 39.4 Å². The molecule has 0 aliphatic heterocycles. The number of sulfonamides is 1. The molecule has 0 spiro atoms. The molecule has 5 nitrogen and oxygen atoms in total. The molecular formula is C23H21ClN2O3S. The number of likely N-dealkylation sites (N-methyl/N-ethyl adjacent to an activating group) is 1. The fourth-order valence-corrected chi connectivity index (χ4v) is 4.11. The van der Waals surface area contributed by atoms with Gasteiger partial charge in [0, 0.05) is 18.3 Å². The Labute approximate surface area is 181 Å². The predicted molar refractivity (Wildman–Crippen MR) is 120 cm³/mol. The van der Waals surface area contributed by atoms with Crippen LogP contribution in [0.2, 0.25) is 5.02 Å². The predicted octanol–water partition coefficient (Wildman–Crippen LogP) is 4.79. The Morgan fingerprint density at radius 2 is 1.70 bits per heavy atom. The molecule has 1 amide bonds. The lowest BCUT2D eigenvalue weighted by molar-refractivity contribution is -0.124. The molecule has 0 fully saturated rings. The van der Waals surface area contributed by atoms with E-state index in [0.717, 1.165) is 15.4 Å². The van der Waals surface area contributed by atoms with Gasteiger partial charge in [-0.1, -0.05) is 59.6 Å². The Morgan fingerprint density at radius 1 is 1.03 bits per heavy atom. The van der Waals surface area contributed by atoms with Gasteiger partial charge >= 0.3 is 0 Å². The van der Waals surface area contributed by atoms with E-state index in [4.69, 9.17) is 11.6 Å². The van der Waals surface area contributed by atoms with Gasteiger partial charge < -0.3 is 0 Å². The largest absolute Gasteiger partial charge is 0.273 e. The highest BCUT2D eigenvalue weighted by Gasteiger charge is 2.26. The Hall–Kier alpha value is -2.96. The van der Waals surface area contributed by atoms with Crippen LogP contribution in [0.4, 0.5) is 5.69 Å². The maximum Gasteiger partial charge on any atom is 0.266 e. The normalized spacial score (nSPS) is 11.6. The van der Waals surface area contributed by atoms with E-state index in [-0.39, 0.29) is 11.3 Å². The highest BCUT2D eigenvalue weighted by Crippen LogP contribution is 2.25. The van der Waals surface area contributed by atoms with E-state index < -0.39 is 15.9 Å². The number of amides is 1. The summed E-state index contributed by atoms with van der Waals surface area (Å²) in [6.45, 7) is 1.86. The van der Waals surface area contributed by atoms with Crippen LogP contribution in [-0.2, 0) is 21.2 Å². The zero-order chi connectivity index (χ0) is 21.7. The molecular weight excluding hydrogens is 420 g/mol. The molecule has 30 heavy (non-hydrogen) atoms. The molecule has 0 aliphatic carbocycles. The van der Waals surface area contributed by atoms with Gasteiger partial charge in [0.25, 0.3) is 10.0 Å². The van der Waals surface area contributed by atoms with Crippen LogP contribution < -0.4 is 0 Å². The fraction of sp³-hybridized carbons (Fsp3) is 0.130. The molecule has 3 aromatic rings. The van der Waals surface area contributed by atoms with Crippen molar-refractivity contribution in [3.8, 4) is 0 Å². The number of hydrogen-bond donors (Lipinski definition) is 0. The lowest BCUT2D eigenvalue weighted by atomic mass is 10.1. The molecule has 0 N–H and O–H groups in total. The van der Waals surface area contributed by atoms with E-state index in [9.17, 15) is 13.2 Å². The molecule has 0 saturated carbocycles. The van der Waals surface area contributed by atoms with E-state index in [2.05, 4.69) is 4.99 Å². The molecule has 0 aliphatic rings. The molecule has 0 heterocycles. The van der Waals surface area contributed by atoms with Gasteiger partial charge in [-0.2, -0.15) is 0 Å². The number of carbonyl (C=O) groups excluding carboxylic acids is 1. The Bertz CT molecular complexity index is 1170. The molecule has 154 valence electrons. The van der Waals surface area contributed by atoms with Crippen molar-refractivity contribution in [2.45, 2.75) is 18.2 Å². The van der Waals surface area contributed by atoms with Gasteiger partial charge in [0.2, 0.25) is 5.91 Å². The molecule has 0 saturated heterocycles. The van der Waals surface area contributed by atoms with Crippen LogP contribution in [0.1, 0.15) is 16.7 Å². The summed E-state index contributed by atoms with van der Waals surface area (Å²) in [5, 5.41) is 0.445. The van der Waals surface area contributed by atoms with Crippen LogP contribution in [0.15, 0.2) is 82.7 Å². The molecule has 3 aromatic carbocycles. The number of aryl methyl sites for hydroxylation is 1. The number of hydrogen-bond acceptors (Lipinski definition) is 4. The van der Waals surface area contributed by atoms with Crippen molar-refractivity contribution in [2.75, 3.05) is 7.05 Å². The number of nitrogens with zero attached hydrogens (tertiary/aromatic N) is 2. The van der Waals surface area contributed by atoms with Gasteiger partial charge in [0.1, 0.15) is 0 Å². The third-order valence-corrected chi connectivity index (χ3v) is 6.59. The van der Waals surface area contributed by atoms with Gasteiger partial charge in [-0.25, -0.2) is 12.7 Å². The molecule has 7 heteroatoms. The van der Waals surface area contributed by atoms with Crippen LogP contribution in [0, 0.1) is 6.92 Å². The maximum absolute atomic E-state index is 12.8. The van der Waals surface area contributed by atoms with Gasteiger partial charge in [0.05, 0.1) is 17.0 Å². The Kier molecular flexibility index (Phi) is 6.70. The summed E-state index contributed by atoms with van der Waals surface area (Å²) in [6, 6.07) is 20.9. The van der Waals surface area contributed by atoms with Crippen molar-refractivity contribution in [2.24, 2.45) is 4.99 Å². The summed E-state index contributed by atoms with van der Waals surface area (Å²) < 4.78 is 26.3. The summed E-state index contributed by atoms with van der Waals surface area (Å²) in [7, 11) is -2.68. The summed E-state index contributed by atoms with van der Waals surface area (Å²) >= 11 is 6.10. The first-order valence-corrected chi connectivity index (χ1v) is 11.0. The minimum Gasteiger partial charge on any atom is -0.273 e. The second-order valence-electron chi connectivity index (χ2n) is 6.80. The zero-order valence-corrected chi connectivity index (χ0v) is 18.2. The lowest BCUT2D eigenvalue weighted by Crippen LogP contribution is -2.34. The zero-order valence-electron chi connectivity index (χ0n) is 16.6. The third-order valence-electron chi connectivity index (χ3n) is 4.57. The van der Waals surface area contributed by atoms with E-state index in [0.29, 0.717) is 16.3 Å². The number of benzene rings is 3.